The first-order valence-electron chi connectivity index (χ1n) is 10.9. The SMILES string of the molecule is O=C(Nc1ccccc1C(=O)N1CCOCC1)C1CCCN(Cc2c(F)cccc2Cl)C1. The monoisotopic (exact) mass is 459 g/mol. The van der Waals surface area contributed by atoms with Gasteiger partial charge in [0.1, 0.15) is 5.82 Å². The average Bonchev–Trinajstić information content (AvgIpc) is 2.82. The van der Waals surface area contributed by atoms with Crippen molar-refractivity contribution in [2.75, 3.05) is 44.7 Å². The molecule has 2 amide bonds. The number of benzene rings is 2. The van der Waals surface area contributed by atoms with Crippen LogP contribution >= 0.6 is 11.6 Å². The highest BCUT2D eigenvalue weighted by Gasteiger charge is 2.28. The maximum atomic E-state index is 14.2. The Morgan fingerprint density at radius 1 is 1.09 bits per heavy atom. The molecule has 2 aromatic carbocycles. The van der Waals surface area contributed by atoms with Crippen LogP contribution in [-0.2, 0) is 16.1 Å². The number of piperidine rings is 1. The van der Waals surface area contributed by atoms with Crippen LogP contribution in [0.15, 0.2) is 42.5 Å². The first kappa shape index (κ1) is 22.7. The Labute approximate surface area is 192 Å². The molecule has 2 fully saturated rings. The number of carbonyl (C=O) groups is 2. The maximum absolute atomic E-state index is 14.2. The van der Waals surface area contributed by atoms with Gasteiger partial charge in [-0.3, -0.25) is 14.5 Å². The molecule has 32 heavy (non-hydrogen) atoms. The van der Waals surface area contributed by atoms with Crippen molar-refractivity contribution in [2.45, 2.75) is 19.4 Å². The number of likely N-dealkylation sites (tertiary alicyclic amines) is 1. The zero-order valence-corrected chi connectivity index (χ0v) is 18.6. The van der Waals surface area contributed by atoms with Gasteiger partial charge in [-0.25, -0.2) is 4.39 Å². The molecule has 0 aliphatic carbocycles. The lowest BCUT2D eigenvalue weighted by molar-refractivity contribution is -0.121. The summed E-state index contributed by atoms with van der Waals surface area (Å²) in [6.45, 7) is 3.76. The van der Waals surface area contributed by atoms with Crippen molar-refractivity contribution in [3.63, 3.8) is 0 Å². The van der Waals surface area contributed by atoms with Crippen molar-refractivity contribution in [3.05, 3.63) is 64.4 Å². The highest BCUT2D eigenvalue weighted by molar-refractivity contribution is 6.31. The Balaban J connectivity index is 1.42. The van der Waals surface area contributed by atoms with Gasteiger partial charge in [-0.05, 0) is 43.7 Å². The van der Waals surface area contributed by atoms with E-state index in [0.717, 1.165) is 19.4 Å². The van der Waals surface area contributed by atoms with E-state index in [0.29, 0.717) is 61.2 Å². The highest BCUT2D eigenvalue weighted by atomic mass is 35.5. The van der Waals surface area contributed by atoms with Crippen molar-refractivity contribution in [1.82, 2.24) is 9.80 Å². The van der Waals surface area contributed by atoms with E-state index in [4.69, 9.17) is 16.3 Å². The first-order chi connectivity index (χ1) is 15.5. The van der Waals surface area contributed by atoms with Crippen LogP contribution in [0.5, 0.6) is 0 Å². The van der Waals surface area contributed by atoms with E-state index < -0.39 is 0 Å². The van der Waals surface area contributed by atoms with Crippen molar-refractivity contribution in [1.29, 1.82) is 0 Å². The number of anilines is 1. The third kappa shape index (κ3) is 5.28. The molecule has 2 aliphatic heterocycles. The molecule has 0 bridgehead atoms. The molecule has 4 rings (SSSR count). The second-order valence-electron chi connectivity index (χ2n) is 8.21. The lowest BCUT2D eigenvalue weighted by Crippen LogP contribution is -2.42. The maximum Gasteiger partial charge on any atom is 0.256 e. The molecule has 6 nitrogen and oxygen atoms in total. The van der Waals surface area contributed by atoms with Crippen molar-refractivity contribution >= 4 is 29.1 Å². The number of para-hydroxylation sites is 1. The molecule has 8 heteroatoms. The number of amides is 2. The lowest BCUT2D eigenvalue weighted by Gasteiger charge is -2.32. The van der Waals surface area contributed by atoms with Crippen LogP contribution in [0, 0.1) is 11.7 Å². The minimum Gasteiger partial charge on any atom is -0.378 e. The molecule has 2 aliphatic rings. The summed E-state index contributed by atoms with van der Waals surface area (Å²) >= 11 is 6.18. The second-order valence-corrected chi connectivity index (χ2v) is 8.62. The quantitative estimate of drug-likeness (QED) is 0.738. The van der Waals surface area contributed by atoms with E-state index in [-0.39, 0.29) is 23.5 Å². The van der Waals surface area contributed by atoms with Gasteiger partial charge in [0.05, 0.1) is 30.4 Å². The molecule has 2 aromatic rings. The summed E-state index contributed by atoms with van der Waals surface area (Å²) < 4.78 is 19.5. The number of rotatable bonds is 5. The average molecular weight is 460 g/mol. The molecule has 2 saturated heterocycles. The highest BCUT2D eigenvalue weighted by Crippen LogP contribution is 2.26. The van der Waals surface area contributed by atoms with Crippen molar-refractivity contribution in [2.24, 2.45) is 5.92 Å². The number of morpholine rings is 1. The summed E-state index contributed by atoms with van der Waals surface area (Å²) in [7, 11) is 0. The Morgan fingerprint density at radius 3 is 2.66 bits per heavy atom. The van der Waals surface area contributed by atoms with Gasteiger partial charge in [-0.2, -0.15) is 0 Å². The third-order valence-corrected chi connectivity index (χ3v) is 6.39. The molecule has 1 unspecified atom stereocenters. The van der Waals surface area contributed by atoms with Gasteiger partial charge in [0.2, 0.25) is 5.91 Å². The van der Waals surface area contributed by atoms with Crippen LogP contribution in [0.4, 0.5) is 10.1 Å². The van der Waals surface area contributed by atoms with E-state index in [1.165, 1.54) is 6.07 Å². The van der Waals surface area contributed by atoms with Gasteiger partial charge in [-0.1, -0.05) is 29.8 Å². The van der Waals surface area contributed by atoms with Crippen LogP contribution in [0.3, 0.4) is 0 Å². The van der Waals surface area contributed by atoms with E-state index in [2.05, 4.69) is 10.2 Å². The van der Waals surface area contributed by atoms with Crippen LogP contribution in [-0.4, -0.2) is 61.0 Å². The molecular formula is C24H27ClFN3O3. The van der Waals surface area contributed by atoms with Crippen molar-refractivity contribution in [3.8, 4) is 0 Å². The van der Waals surface area contributed by atoms with Gasteiger partial charge in [-0.15, -0.1) is 0 Å². The molecule has 2 heterocycles. The lowest BCUT2D eigenvalue weighted by atomic mass is 9.96. The molecule has 0 saturated carbocycles. The van der Waals surface area contributed by atoms with Gasteiger partial charge in [0, 0.05) is 36.8 Å². The number of hydrogen-bond acceptors (Lipinski definition) is 4. The number of carbonyl (C=O) groups excluding carboxylic acids is 2. The number of halogens is 2. The summed E-state index contributed by atoms with van der Waals surface area (Å²) in [5.41, 5.74) is 1.45. The minimum atomic E-state index is -0.334. The second kappa shape index (κ2) is 10.4. The van der Waals surface area contributed by atoms with E-state index in [1.54, 1.807) is 41.3 Å². The standard InChI is InChI=1S/C24H27ClFN3O3/c25-20-7-3-8-21(26)19(20)16-28-10-4-5-17(15-28)23(30)27-22-9-2-1-6-18(22)24(31)29-11-13-32-14-12-29/h1-3,6-9,17H,4-5,10-16H2,(H,27,30). The van der Waals surface area contributed by atoms with Gasteiger partial charge < -0.3 is 15.0 Å². The normalized spacial score (nSPS) is 19.6. The summed E-state index contributed by atoms with van der Waals surface area (Å²) in [5.74, 6) is -0.819. The zero-order chi connectivity index (χ0) is 22.5. The number of nitrogens with zero attached hydrogens (tertiary/aromatic N) is 2. The molecular weight excluding hydrogens is 433 g/mol. The Bertz CT molecular complexity index is 960. The third-order valence-electron chi connectivity index (χ3n) is 6.03. The fraction of sp³-hybridized carbons (Fsp3) is 0.417. The Kier molecular flexibility index (Phi) is 7.40. The number of ether oxygens (including phenoxy) is 1. The van der Waals surface area contributed by atoms with Crippen LogP contribution in [0.1, 0.15) is 28.8 Å². The molecule has 0 spiro atoms. The van der Waals surface area contributed by atoms with Gasteiger partial charge in [0.15, 0.2) is 0 Å². The largest absolute Gasteiger partial charge is 0.378 e. The van der Waals surface area contributed by atoms with Crippen LogP contribution in [0.25, 0.3) is 0 Å². The molecule has 170 valence electrons. The Hall–Kier alpha value is -2.48. The number of hydrogen-bond donors (Lipinski definition) is 1. The minimum absolute atomic E-state index is 0.108. The molecule has 1 N–H and O–H groups in total. The summed E-state index contributed by atoms with van der Waals surface area (Å²) in [6.07, 6.45) is 1.57. The molecule has 0 radical (unpaired) electrons. The van der Waals surface area contributed by atoms with E-state index in [9.17, 15) is 14.0 Å². The van der Waals surface area contributed by atoms with Crippen molar-refractivity contribution < 1.29 is 18.7 Å². The topological polar surface area (TPSA) is 61.9 Å². The predicted molar refractivity (Wildman–Crippen MR) is 121 cm³/mol. The smallest absolute Gasteiger partial charge is 0.256 e. The molecule has 1 atom stereocenters. The van der Waals surface area contributed by atoms with E-state index in [1.807, 2.05) is 0 Å². The fourth-order valence-electron chi connectivity index (χ4n) is 4.27. The summed E-state index contributed by atoms with van der Waals surface area (Å²) in [5, 5.41) is 3.36. The van der Waals surface area contributed by atoms with Gasteiger partial charge in [0.25, 0.3) is 5.91 Å². The van der Waals surface area contributed by atoms with Crippen LogP contribution < -0.4 is 5.32 Å². The summed E-state index contributed by atoms with van der Waals surface area (Å²) in [6, 6.07) is 11.8. The summed E-state index contributed by atoms with van der Waals surface area (Å²) in [4.78, 5) is 29.8. The van der Waals surface area contributed by atoms with Gasteiger partial charge >= 0.3 is 0 Å². The van der Waals surface area contributed by atoms with E-state index >= 15 is 0 Å². The number of nitrogens with one attached hydrogen (secondary N) is 1. The Morgan fingerprint density at radius 2 is 1.88 bits per heavy atom. The van der Waals surface area contributed by atoms with Crippen LogP contribution in [0.2, 0.25) is 5.02 Å². The predicted octanol–water partition coefficient (Wildman–Crippen LogP) is 3.80. The first-order valence-corrected chi connectivity index (χ1v) is 11.3. The molecule has 0 aromatic heterocycles. The fourth-order valence-corrected chi connectivity index (χ4v) is 4.49. The zero-order valence-electron chi connectivity index (χ0n) is 17.9.